The number of nitrogens with one attached hydrogen (secondary N) is 2. The first-order valence-corrected chi connectivity index (χ1v) is 9.95. The van der Waals surface area contributed by atoms with Crippen molar-refractivity contribution in [2.24, 2.45) is 7.05 Å². The maximum Gasteiger partial charge on any atom is 0.224 e. The summed E-state index contributed by atoms with van der Waals surface area (Å²) in [6, 6.07) is 7.25. The molecule has 0 aliphatic carbocycles. The van der Waals surface area contributed by atoms with Crippen LogP contribution in [0.1, 0.15) is 33.1 Å². The fourth-order valence-corrected chi connectivity index (χ4v) is 2.95. The summed E-state index contributed by atoms with van der Waals surface area (Å²) in [6.07, 6.45) is 1.55. The van der Waals surface area contributed by atoms with Crippen LogP contribution in [-0.4, -0.2) is 46.3 Å². The summed E-state index contributed by atoms with van der Waals surface area (Å²) in [5.74, 6) is 0.538. The molecule has 1 heterocycles. The van der Waals surface area contributed by atoms with Crippen LogP contribution in [0.4, 0.5) is 5.69 Å². The quantitative estimate of drug-likeness (QED) is 0.633. The van der Waals surface area contributed by atoms with Crippen molar-refractivity contribution in [3.63, 3.8) is 0 Å². The summed E-state index contributed by atoms with van der Waals surface area (Å²) < 4.78 is 27.3. The van der Waals surface area contributed by atoms with Gasteiger partial charge in [-0.3, -0.25) is 4.79 Å². The van der Waals surface area contributed by atoms with E-state index < -0.39 is 15.3 Å². The Bertz CT molecular complexity index is 830. The van der Waals surface area contributed by atoms with E-state index in [1.165, 1.54) is 0 Å². The molecule has 0 aliphatic heterocycles. The van der Waals surface area contributed by atoms with Crippen LogP contribution in [0.5, 0.6) is 0 Å². The van der Waals surface area contributed by atoms with Crippen molar-refractivity contribution in [3.8, 4) is 11.4 Å². The third-order valence-electron chi connectivity index (χ3n) is 3.80. The molecule has 2 aromatic rings. The SMILES string of the molecule is CC(C)S(=O)(=O)NCCCCC(=O)Nc1ccc(-c2nnnn2C)cc1. The lowest BCUT2D eigenvalue weighted by molar-refractivity contribution is -0.116. The zero-order valence-electron chi connectivity index (χ0n) is 15.1. The molecular formula is C16H24N6O3S. The van der Waals surface area contributed by atoms with Crippen molar-refractivity contribution >= 4 is 21.6 Å². The topological polar surface area (TPSA) is 119 Å². The number of anilines is 1. The third kappa shape index (κ3) is 5.60. The van der Waals surface area contributed by atoms with E-state index in [-0.39, 0.29) is 5.91 Å². The standard InChI is InChI=1S/C16H24N6O3S/c1-12(2)26(24,25)17-11-5-4-6-15(23)18-14-9-7-13(8-10-14)16-19-20-21-22(16)3/h7-10,12,17H,4-6,11H2,1-3H3,(H,18,23). The number of aryl methyl sites for hydroxylation is 1. The first kappa shape index (κ1) is 20.0. The number of tetrazole rings is 1. The molecule has 0 saturated carbocycles. The Kier molecular flexibility index (Phi) is 6.81. The number of hydrogen-bond acceptors (Lipinski definition) is 6. The maximum absolute atomic E-state index is 12.0. The number of carbonyl (C=O) groups excluding carboxylic acids is 1. The molecule has 1 aromatic heterocycles. The number of amides is 1. The summed E-state index contributed by atoms with van der Waals surface area (Å²) in [5.41, 5.74) is 1.54. The highest BCUT2D eigenvalue weighted by Gasteiger charge is 2.14. The number of hydrogen-bond donors (Lipinski definition) is 2. The van der Waals surface area contributed by atoms with E-state index in [1.54, 1.807) is 37.7 Å². The predicted molar refractivity (Wildman–Crippen MR) is 98.8 cm³/mol. The van der Waals surface area contributed by atoms with Crippen molar-refractivity contribution < 1.29 is 13.2 Å². The van der Waals surface area contributed by atoms with Crippen LogP contribution in [0.25, 0.3) is 11.4 Å². The number of unbranched alkanes of at least 4 members (excludes halogenated alkanes) is 1. The summed E-state index contributed by atoms with van der Waals surface area (Å²) in [7, 11) is -1.48. The summed E-state index contributed by atoms with van der Waals surface area (Å²) in [4.78, 5) is 12.0. The highest BCUT2D eigenvalue weighted by Crippen LogP contribution is 2.18. The molecule has 1 aromatic carbocycles. The normalized spacial score (nSPS) is 11.7. The number of nitrogens with zero attached hydrogens (tertiary/aromatic N) is 4. The molecule has 0 fully saturated rings. The molecule has 0 bridgehead atoms. The number of aromatic nitrogens is 4. The van der Waals surface area contributed by atoms with Gasteiger partial charge in [0.15, 0.2) is 5.82 Å². The summed E-state index contributed by atoms with van der Waals surface area (Å²) >= 11 is 0. The number of sulfonamides is 1. The van der Waals surface area contributed by atoms with Gasteiger partial charge in [0.25, 0.3) is 0 Å². The Labute approximate surface area is 153 Å². The molecular weight excluding hydrogens is 356 g/mol. The van der Waals surface area contributed by atoms with Crippen molar-refractivity contribution in [1.29, 1.82) is 0 Å². The Hall–Kier alpha value is -2.33. The lowest BCUT2D eigenvalue weighted by atomic mass is 10.2. The first-order valence-electron chi connectivity index (χ1n) is 8.40. The molecule has 0 spiro atoms. The van der Waals surface area contributed by atoms with Crippen molar-refractivity contribution in [3.05, 3.63) is 24.3 Å². The van der Waals surface area contributed by atoms with Gasteiger partial charge in [0.05, 0.1) is 5.25 Å². The van der Waals surface area contributed by atoms with Crippen LogP contribution in [0.15, 0.2) is 24.3 Å². The minimum atomic E-state index is -3.24. The zero-order chi connectivity index (χ0) is 19.2. The highest BCUT2D eigenvalue weighted by molar-refractivity contribution is 7.90. The van der Waals surface area contributed by atoms with Gasteiger partial charge in [-0.15, -0.1) is 5.10 Å². The molecule has 0 unspecified atom stereocenters. The average molecular weight is 380 g/mol. The Balaban J connectivity index is 1.74. The summed E-state index contributed by atoms with van der Waals surface area (Å²) in [6.45, 7) is 3.60. The van der Waals surface area contributed by atoms with E-state index >= 15 is 0 Å². The Morgan fingerprint density at radius 2 is 1.88 bits per heavy atom. The van der Waals surface area contributed by atoms with E-state index in [0.717, 1.165) is 5.56 Å². The van der Waals surface area contributed by atoms with Crippen LogP contribution in [0.3, 0.4) is 0 Å². The third-order valence-corrected chi connectivity index (χ3v) is 5.65. The lowest BCUT2D eigenvalue weighted by Crippen LogP contribution is -2.31. The molecule has 0 atom stereocenters. The van der Waals surface area contributed by atoms with Crippen LogP contribution in [0, 0.1) is 0 Å². The second kappa shape index (κ2) is 8.86. The minimum absolute atomic E-state index is 0.107. The minimum Gasteiger partial charge on any atom is -0.326 e. The van der Waals surface area contributed by atoms with Gasteiger partial charge < -0.3 is 5.32 Å². The van der Waals surface area contributed by atoms with Gasteiger partial charge in [0, 0.05) is 31.3 Å². The molecule has 1 amide bonds. The van der Waals surface area contributed by atoms with Crippen molar-refractivity contribution in [2.45, 2.75) is 38.4 Å². The van der Waals surface area contributed by atoms with Gasteiger partial charge in [-0.05, 0) is 61.4 Å². The molecule has 9 nitrogen and oxygen atoms in total. The van der Waals surface area contributed by atoms with E-state index in [2.05, 4.69) is 25.6 Å². The average Bonchev–Trinajstić information content (AvgIpc) is 3.01. The second-order valence-corrected chi connectivity index (χ2v) is 8.52. The molecule has 26 heavy (non-hydrogen) atoms. The van der Waals surface area contributed by atoms with E-state index in [1.807, 2.05) is 12.1 Å². The Morgan fingerprint density at radius 1 is 1.19 bits per heavy atom. The van der Waals surface area contributed by atoms with Gasteiger partial charge in [-0.25, -0.2) is 17.8 Å². The molecule has 2 N–H and O–H groups in total. The highest BCUT2D eigenvalue weighted by atomic mass is 32.2. The summed E-state index contributed by atoms with van der Waals surface area (Å²) in [5, 5.41) is 13.7. The second-order valence-electron chi connectivity index (χ2n) is 6.20. The fourth-order valence-electron chi connectivity index (χ4n) is 2.19. The zero-order valence-corrected chi connectivity index (χ0v) is 16.0. The van der Waals surface area contributed by atoms with Crippen molar-refractivity contribution in [2.75, 3.05) is 11.9 Å². The number of benzene rings is 1. The first-order chi connectivity index (χ1) is 12.3. The van der Waals surface area contributed by atoms with Gasteiger partial charge >= 0.3 is 0 Å². The van der Waals surface area contributed by atoms with E-state index in [9.17, 15) is 13.2 Å². The molecule has 2 rings (SSSR count). The molecule has 0 saturated heterocycles. The monoisotopic (exact) mass is 380 g/mol. The van der Waals surface area contributed by atoms with Crippen LogP contribution in [0.2, 0.25) is 0 Å². The molecule has 0 aliphatic rings. The van der Waals surface area contributed by atoms with E-state index in [0.29, 0.717) is 37.3 Å². The molecule has 142 valence electrons. The van der Waals surface area contributed by atoms with E-state index in [4.69, 9.17) is 0 Å². The van der Waals surface area contributed by atoms with Crippen LogP contribution >= 0.6 is 0 Å². The van der Waals surface area contributed by atoms with Gasteiger partial charge in [-0.2, -0.15) is 0 Å². The molecule has 10 heteroatoms. The van der Waals surface area contributed by atoms with Gasteiger partial charge in [-0.1, -0.05) is 0 Å². The largest absolute Gasteiger partial charge is 0.326 e. The molecule has 0 radical (unpaired) electrons. The van der Waals surface area contributed by atoms with Gasteiger partial charge in [0.1, 0.15) is 0 Å². The fraction of sp³-hybridized carbons (Fsp3) is 0.500. The predicted octanol–water partition coefficient (Wildman–Crippen LogP) is 1.31. The van der Waals surface area contributed by atoms with Crippen molar-refractivity contribution in [1.82, 2.24) is 24.9 Å². The van der Waals surface area contributed by atoms with Gasteiger partial charge in [0.2, 0.25) is 15.9 Å². The van der Waals surface area contributed by atoms with Crippen LogP contribution in [-0.2, 0) is 21.9 Å². The maximum atomic E-state index is 12.0. The Morgan fingerprint density at radius 3 is 2.46 bits per heavy atom. The lowest BCUT2D eigenvalue weighted by Gasteiger charge is -2.09. The smallest absolute Gasteiger partial charge is 0.224 e. The number of rotatable bonds is 9. The number of carbonyl (C=O) groups is 1. The van der Waals surface area contributed by atoms with Crippen LogP contribution < -0.4 is 10.0 Å².